The monoisotopic (exact) mass is 446 g/mol. The predicted octanol–water partition coefficient (Wildman–Crippen LogP) is 5.51. The van der Waals surface area contributed by atoms with Crippen LogP contribution in [-0.4, -0.2) is 59.1 Å². The van der Waals surface area contributed by atoms with Crippen LogP contribution in [0, 0.1) is 0 Å². The van der Waals surface area contributed by atoms with Crippen LogP contribution in [0.2, 0.25) is 0 Å². The Morgan fingerprint density at radius 2 is 0.677 bits per heavy atom. The van der Waals surface area contributed by atoms with E-state index in [2.05, 4.69) is 0 Å². The van der Waals surface area contributed by atoms with Gasteiger partial charge in [-0.1, -0.05) is 77.0 Å². The van der Waals surface area contributed by atoms with E-state index in [9.17, 15) is 10.2 Å². The summed E-state index contributed by atoms with van der Waals surface area (Å²) in [5, 5.41) is 36.9. The van der Waals surface area contributed by atoms with Crippen LogP contribution in [0.4, 0.5) is 0 Å². The van der Waals surface area contributed by atoms with Gasteiger partial charge in [-0.25, -0.2) is 0 Å². The first kappa shape index (κ1) is 30.8. The summed E-state index contributed by atoms with van der Waals surface area (Å²) in [6.45, 7) is 2.16. The third kappa shape index (κ3) is 25.9. The molecule has 31 heavy (non-hydrogen) atoms. The van der Waals surface area contributed by atoms with E-state index in [4.69, 9.17) is 14.9 Å². The van der Waals surface area contributed by atoms with E-state index < -0.39 is 0 Å². The highest BCUT2D eigenvalue weighted by atomic mass is 16.5. The van der Waals surface area contributed by atoms with Crippen LogP contribution in [0.25, 0.3) is 0 Å². The quantitative estimate of drug-likeness (QED) is 0.132. The molecule has 0 spiro atoms. The maximum Gasteiger partial charge on any atom is 0.0541 e. The van der Waals surface area contributed by atoms with Crippen LogP contribution in [0.1, 0.15) is 128 Å². The molecular weight excluding hydrogens is 392 g/mol. The molecule has 0 saturated heterocycles. The van der Waals surface area contributed by atoms with E-state index in [1.54, 1.807) is 0 Å². The molecule has 0 aromatic heterocycles. The van der Waals surface area contributed by atoms with E-state index >= 15 is 0 Å². The number of hydrogen-bond donors (Lipinski definition) is 4. The van der Waals surface area contributed by atoms with Crippen molar-refractivity contribution in [2.24, 2.45) is 0 Å². The lowest BCUT2D eigenvalue weighted by molar-refractivity contribution is 0.125. The number of rotatable bonds is 26. The van der Waals surface area contributed by atoms with Crippen molar-refractivity contribution in [1.29, 1.82) is 0 Å². The molecular formula is C26H54O5. The average molecular weight is 447 g/mol. The summed E-state index contributed by atoms with van der Waals surface area (Å²) in [4.78, 5) is 0. The van der Waals surface area contributed by atoms with Gasteiger partial charge in [-0.05, 0) is 51.4 Å². The van der Waals surface area contributed by atoms with E-state index in [-0.39, 0.29) is 25.4 Å². The normalized spacial score (nSPS) is 13.5. The predicted molar refractivity (Wildman–Crippen MR) is 129 cm³/mol. The summed E-state index contributed by atoms with van der Waals surface area (Å²) >= 11 is 0. The van der Waals surface area contributed by atoms with Crippen molar-refractivity contribution in [3.63, 3.8) is 0 Å². The van der Waals surface area contributed by atoms with Gasteiger partial charge < -0.3 is 25.2 Å². The van der Waals surface area contributed by atoms with Gasteiger partial charge in [-0.15, -0.1) is 0 Å². The van der Waals surface area contributed by atoms with Crippen LogP contribution in [-0.2, 0) is 4.74 Å². The second-order valence-corrected chi connectivity index (χ2v) is 9.18. The van der Waals surface area contributed by atoms with E-state index in [0.29, 0.717) is 12.8 Å². The van der Waals surface area contributed by atoms with E-state index in [1.807, 2.05) is 0 Å². The molecule has 0 fully saturated rings. The minimum Gasteiger partial charge on any atom is -0.396 e. The summed E-state index contributed by atoms with van der Waals surface area (Å²) < 4.78 is 5.75. The zero-order valence-corrected chi connectivity index (χ0v) is 20.3. The van der Waals surface area contributed by atoms with Crippen LogP contribution in [0.3, 0.4) is 0 Å². The molecule has 5 nitrogen and oxygen atoms in total. The van der Waals surface area contributed by atoms with Crippen LogP contribution in [0.5, 0.6) is 0 Å². The first-order valence-corrected chi connectivity index (χ1v) is 13.4. The maximum absolute atomic E-state index is 9.72. The van der Waals surface area contributed by atoms with Crippen molar-refractivity contribution < 1.29 is 25.2 Å². The second kappa shape index (κ2) is 26.1. The smallest absolute Gasteiger partial charge is 0.0541 e. The molecule has 0 aliphatic rings. The highest BCUT2D eigenvalue weighted by molar-refractivity contribution is 4.57. The Morgan fingerprint density at radius 1 is 0.387 bits per heavy atom. The molecule has 2 unspecified atom stereocenters. The fraction of sp³-hybridized carbons (Fsp3) is 1.00. The topological polar surface area (TPSA) is 90.2 Å². The molecule has 0 aromatic rings. The molecule has 0 aliphatic heterocycles. The summed E-state index contributed by atoms with van der Waals surface area (Å²) in [5.74, 6) is 0. The SMILES string of the molecule is OCCCC(O)CCCCCCCCCOCCCCCCCCCC(O)CCCO. The Labute approximate surface area is 192 Å². The van der Waals surface area contributed by atoms with Gasteiger partial charge in [0.25, 0.3) is 0 Å². The first-order chi connectivity index (χ1) is 15.2. The van der Waals surface area contributed by atoms with Crippen molar-refractivity contribution in [2.45, 2.75) is 141 Å². The number of aliphatic hydroxyl groups excluding tert-OH is 4. The third-order valence-corrected chi connectivity index (χ3v) is 6.04. The highest BCUT2D eigenvalue weighted by Crippen LogP contribution is 2.13. The maximum atomic E-state index is 9.72. The third-order valence-electron chi connectivity index (χ3n) is 6.04. The lowest BCUT2D eigenvalue weighted by atomic mass is 10.0. The average Bonchev–Trinajstić information content (AvgIpc) is 2.77. The Bertz CT molecular complexity index is 297. The van der Waals surface area contributed by atoms with Crippen LogP contribution in [0.15, 0.2) is 0 Å². The number of aliphatic hydroxyl groups is 4. The highest BCUT2D eigenvalue weighted by Gasteiger charge is 2.04. The van der Waals surface area contributed by atoms with Gasteiger partial charge in [0.2, 0.25) is 0 Å². The number of ether oxygens (including phenoxy) is 1. The van der Waals surface area contributed by atoms with Gasteiger partial charge in [0, 0.05) is 26.4 Å². The molecule has 0 bridgehead atoms. The number of hydrogen-bond acceptors (Lipinski definition) is 5. The molecule has 188 valence electrons. The molecule has 0 heterocycles. The van der Waals surface area contributed by atoms with Crippen molar-refractivity contribution >= 4 is 0 Å². The van der Waals surface area contributed by atoms with E-state index in [1.165, 1.54) is 77.0 Å². The van der Waals surface area contributed by atoms with Crippen molar-refractivity contribution in [1.82, 2.24) is 0 Å². The minimum absolute atomic E-state index is 0.183. The Morgan fingerprint density at radius 3 is 1.03 bits per heavy atom. The van der Waals surface area contributed by atoms with Gasteiger partial charge in [-0.3, -0.25) is 0 Å². The van der Waals surface area contributed by atoms with Gasteiger partial charge in [0.05, 0.1) is 12.2 Å². The zero-order chi connectivity index (χ0) is 22.8. The van der Waals surface area contributed by atoms with Gasteiger partial charge >= 0.3 is 0 Å². The molecule has 4 N–H and O–H groups in total. The van der Waals surface area contributed by atoms with Crippen molar-refractivity contribution in [3.05, 3.63) is 0 Å². The van der Waals surface area contributed by atoms with Crippen molar-refractivity contribution in [3.8, 4) is 0 Å². The summed E-state index contributed by atoms with van der Waals surface area (Å²) in [6, 6.07) is 0. The van der Waals surface area contributed by atoms with Crippen LogP contribution < -0.4 is 0 Å². The molecule has 0 radical (unpaired) electrons. The largest absolute Gasteiger partial charge is 0.396 e. The molecule has 0 saturated carbocycles. The number of unbranched alkanes of at least 4 members (excludes halogenated alkanes) is 12. The molecule has 0 aromatic carbocycles. The Kier molecular flexibility index (Phi) is 25.9. The van der Waals surface area contributed by atoms with Gasteiger partial charge in [0.1, 0.15) is 0 Å². The summed E-state index contributed by atoms with van der Waals surface area (Å²) in [6.07, 6.45) is 21.3. The van der Waals surface area contributed by atoms with Crippen molar-refractivity contribution in [2.75, 3.05) is 26.4 Å². The van der Waals surface area contributed by atoms with Crippen LogP contribution >= 0.6 is 0 Å². The standard InChI is InChI=1S/C26H54O5/c27-21-15-19-25(29)17-11-7-3-1-5-9-13-23-31-24-14-10-6-2-4-8-12-18-26(30)20-16-22-28/h25-30H,1-24H2. The Balaban J connectivity index is 3.09. The lowest BCUT2D eigenvalue weighted by Gasteiger charge is -2.09. The molecule has 0 rings (SSSR count). The molecule has 5 heteroatoms. The fourth-order valence-corrected chi connectivity index (χ4v) is 3.98. The summed E-state index contributed by atoms with van der Waals surface area (Å²) in [7, 11) is 0. The van der Waals surface area contributed by atoms with E-state index in [0.717, 1.165) is 51.7 Å². The molecule has 0 aliphatic carbocycles. The zero-order valence-electron chi connectivity index (χ0n) is 20.3. The molecule has 0 amide bonds. The van der Waals surface area contributed by atoms with Gasteiger partial charge in [-0.2, -0.15) is 0 Å². The molecule has 2 atom stereocenters. The minimum atomic E-state index is -0.225. The first-order valence-electron chi connectivity index (χ1n) is 13.4. The van der Waals surface area contributed by atoms with Gasteiger partial charge in [0.15, 0.2) is 0 Å². The summed E-state index contributed by atoms with van der Waals surface area (Å²) in [5.41, 5.74) is 0. The fourth-order valence-electron chi connectivity index (χ4n) is 3.98. The lowest BCUT2D eigenvalue weighted by Crippen LogP contribution is -2.06. The second-order valence-electron chi connectivity index (χ2n) is 9.18. The Hall–Kier alpha value is -0.200.